The Morgan fingerprint density at radius 2 is 2.00 bits per heavy atom. The minimum Gasteiger partial charge on any atom is -0.477 e. The topological polar surface area (TPSA) is 112 Å². The number of carbonyl (C=O) groups is 1. The second-order valence-corrected chi connectivity index (χ2v) is 7.01. The maximum absolute atomic E-state index is 12.2. The van der Waals surface area contributed by atoms with Gasteiger partial charge in [-0.3, -0.25) is 20.2 Å². The van der Waals surface area contributed by atoms with Gasteiger partial charge < -0.3 is 4.74 Å². The molecule has 0 aliphatic carbocycles. The van der Waals surface area contributed by atoms with Crippen LogP contribution < -0.4 is 10.1 Å². The zero-order valence-electron chi connectivity index (χ0n) is 15.2. The number of amides is 1. The molecule has 2 heterocycles. The number of nitrogens with one attached hydrogen (secondary N) is 1. The molecule has 9 nitrogen and oxygen atoms in total. The summed E-state index contributed by atoms with van der Waals surface area (Å²) < 4.78 is 6.94. The lowest BCUT2D eigenvalue weighted by atomic mass is 10.1. The van der Waals surface area contributed by atoms with E-state index in [2.05, 4.69) is 15.4 Å². The predicted molar refractivity (Wildman–Crippen MR) is 108 cm³/mol. The van der Waals surface area contributed by atoms with Crippen molar-refractivity contribution < 1.29 is 14.5 Å². The number of nitro benzene ring substituents is 1. The monoisotopic (exact) mass is 409 g/mol. The van der Waals surface area contributed by atoms with Crippen molar-refractivity contribution in [1.82, 2.24) is 14.6 Å². The van der Waals surface area contributed by atoms with Gasteiger partial charge >= 0.3 is 5.69 Å². The molecular weight excluding hydrogens is 394 g/mol. The standard InChI is InChI=1S/C19H15N5O4S/c1-12-6-8-13(9-7-12)15-11-29-19-21-18(22-23(15)19)20-17(25)10-28-16-5-3-2-4-14(16)24(26)27/h2-9,11H,10H2,1H3,(H,20,22,25). The number of hydrogen-bond donors (Lipinski definition) is 1. The molecule has 0 saturated heterocycles. The molecule has 0 unspecified atom stereocenters. The Morgan fingerprint density at radius 1 is 1.24 bits per heavy atom. The smallest absolute Gasteiger partial charge is 0.310 e. The van der Waals surface area contributed by atoms with Gasteiger partial charge in [0, 0.05) is 17.0 Å². The molecule has 1 N–H and O–H groups in total. The van der Waals surface area contributed by atoms with E-state index in [0.29, 0.717) is 4.96 Å². The molecule has 0 fully saturated rings. The summed E-state index contributed by atoms with van der Waals surface area (Å²) in [5, 5.41) is 19.8. The van der Waals surface area contributed by atoms with Gasteiger partial charge in [0.15, 0.2) is 12.4 Å². The summed E-state index contributed by atoms with van der Waals surface area (Å²) in [6, 6.07) is 13.9. The SMILES string of the molecule is Cc1ccc(-c2csc3nc(NC(=O)COc4ccccc4[N+](=O)[O-])nn23)cc1. The van der Waals surface area contributed by atoms with Crippen LogP contribution in [0.2, 0.25) is 0 Å². The van der Waals surface area contributed by atoms with E-state index in [-0.39, 0.29) is 17.4 Å². The van der Waals surface area contributed by atoms with Gasteiger partial charge in [0.05, 0.1) is 10.6 Å². The first-order valence-electron chi connectivity index (χ1n) is 8.58. The number of hydrogen-bond acceptors (Lipinski definition) is 7. The first-order chi connectivity index (χ1) is 14.0. The zero-order valence-corrected chi connectivity index (χ0v) is 16.0. The van der Waals surface area contributed by atoms with Crippen LogP contribution in [0.1, 0.15) is 5.56 Å². The number of carbonyl (C=O) groups excluding carboxylic acids is 1. The number of fused-ring (bicyclic) bond motifs is 1. The number of ether oxygens (including phenoxy) is 1. The molecule has 2 aromatic heterocycles. The average Bonchev–Trinajstić information content (AvgIpc) is 3.27. The van der Waals surface area contributed by atoms with E-state index in [1.807, 2.05) is 36.6 Å². The molecule has 29 heavy (non-hydrogen) atoms. The number of nitrogens with zero attached hydrogens (tertiary/aromatic N) is 4. The van der Waals surface area contributed by atoms with E-state index in [1.165, 1.54) is 29.5 Å². The number of aryl methyl sites for hydroxylation is 1. The number of thiazole rings is 1. The molecule has 146 valence electrons. The number of rotatable bonds is 6. The average molecular weight is 409 g/mol. The lowest BCUT2D eigenvalue weighted by Gasteiger charge is -2.05. The van der Waals surface area contributed by atoms with Crippen molar-refractivity contribution in [2.24, 2.45) is 0 Å². The van der Waals surface area contributed by atoms with Crippen LogP contribution in [0.15, 0.2) is 53.9 Å². The van der Waals surface area contributed by atoms with Crippen molar-refractivity contribution >= 4 is 33.8 Å². The zero-order chi connectivity index (χ0) is 20.4. The predicted octanol–water partition coefficient (Wildman–Crippen LogP) is 3.69. The van der Waals surface area contributed by atoms with Crippen LogP contribution in [0.5, 0.6) is 5.75 Å². The largest absolute Gasteiger partial charge is 0.477 e. The molecule has 2 aromatic carbocycles. The van der Waals surface area contributed by atoms with Crippen LogP contribution in [0, 0.1) is 17.0 Å². The first-order valence-corrected chi connectivity index (χ1v) is 9.46. The van der Waals surface area contributed by atoms with Gasteiger partial charge in [-0.25, -0.2) is 4.52 Å². The fourth-order valence-corrected chi connectivity index (χ4v) is 3.52. The van der Waals surface area contributed by atoms with E-state index in [4.69, 9.17) is 4.74 Å². The summed E-state index contributed by atoms with van der Waals surface area (Å²) in [4.78, 5) is 27.5. The Kier molecular flexibility index (Phi) is 4.92. The number of anilines is 1. The van der Waals surface area contributed by atoms with Crippen molar-refractivity contribution in [3.63, 3.8) is 0 Å². The summed E-state index contributed by atoms with van der Waals surface area (Å²) in [5.41, 5.74) is 2.81. The quantitative estimate of drug-likeness (QED) is 0.384. The van der Waals surface area contributed by atoms with E-state index in [0.717, 1.165) is 16.8 Å². The lowest BCUT2D eigenvalue weighted by molar-refractivity contribution is -0.385. The van der Waals surface area contributed by atoms with Crippen LogP contribution in [0.4, 0.5) is 11.6 Å². The fourth-order valence-electron chi connectivity index (χ4n) is 2.69. The lowest BCUT2D eigenvalue weighted by Crippen LogP contribution is -2.21. The van der Waals surface area contributed by atoms with Gasteiger partial charge in [-0.1, -0.05) is 42.0 Å². The van der Waals surface area contributed by atoms with Gasteiger partial charge in [0.2, 0.25) is 4.96 Å². The molecule has 0 atom stereocenters. The number of benzene rings is 2. The second kappa shape index (κ2) is 7.68. The Balaban J connectivity index is 1.46. The van der Waals surface area contributed by atoms with Crippen molar-refractivity contribution in [3.8, 4) is 17.0 Å². The molecule has 0 spiro atoms. The van der Waals surface area contributed by atoms with Gasteiger partial charge in [-0.2, -0.15) is 4.98 Å². The molecule has 0 radical (unpaired) electrons. The number of aromatic nitrogens is 3. The summed E-state index contributed by atoms with van der Waals surface area (Å²) in [6.45, 7) is 1.62. The van der Waals surface area contributed by atoms with E-state index < -0.39 is 17.4 Å². The number of nitro groups is 1. The number of para-hydroxylation sites is 2. The normalized spacial score (nSPS) is 10.8. The highest BCUT2D eigenvalue weighted by Crippen LogP contribution is 2.27. The molecule has 10 heteroatoms. The van der Waals surface area contributed by atoms with Crippen LogP contribution in [0.3, 0.4) is 0 Å². The van der Waals surface area contributed by atoms with E-state index in [1.54, 1.807) is 10.6 Å². The third-order valence-electron chi connectivity index (χ3n) is 4.10. The van der Waals surface area contributed by atoms with Gasteiger partial charge in [0.1, 0.15) is 0 Å². The third-order valence-corrected chi connectivity index (χ3v) is 4.92. The van der Waals surface area contributed by atoms with Gasteiger partial charge in [-0.15, -0.1) is 16.4 Å². The van der Waals surface area contributed by atoms with E-state index in [9.17, 15) is 14.9 Å². The van der Waals surface area contributed by atoms with Crippen LogP contribution in [-0.2, 0) is 4.79 Å². The van der Waals surface area contributed by atoms with Gasteiger partial charge in [-0.05, 0) is 13.0 Å². The second-order valence-electron chi connectivity index (χ2n) is 6.18. The minimum absolute atomic E-state index is 0.0214. The molecular formula is C19H15N5O4S. The van der Waals surface area contributed by atoms with Crippen LogP contribution in [-0.4, -0.2) is 32.0 Å². The van der Waals surface area contributed by atoms with Crippen molar-refractivity contribution in [3.05, 3.63) is 69.6 Å². The molecule has 1 amide bonds. The Hall–Kier alpha value is -3.79. The fraction of sp³-hybridized carbons (Fsp3) is 0.105. The Morgan fingerprint density at radius 3 is 2.76 bits per heavy atom. The Labute approximate surface area is 168 Å². The summed E-state index contributed by atoms with van der Waals surface area (Å²) in [6.07, 6.45) is 0. The molecule has 0 bridgehead atoms. The molecule has 0 aliphatic rings. The molecule has 0 saturated carbocycles. The van der Waals surface area contributed by atoms with Crippen molar-refractivity contribution in [2.45, 2.75) is 6.92 Å². The summed E-state index contributed by atoms with van der Waals surface area (Å²) in [7, 11) is 0. The molecule has 4 aromatic rings. The highest BCUT2D eigenvalue weighted by molar-refractivity contribution is 7.15. The first kappa shape index (κ1) is 18.6. The van der Waals surface area contributed by atoms with Gasteiger partial charge in [0.25, 0.3) is 11.9 Å². The summed E-state index contributed by atoms with van der Waals surface area (Å²) in [5.74, 6) is -0.354. The van der Waals surface area contributed by atoms with E-state index >= 15 is 0 Å². The van der Waals surface area contributed by atoms with Crippen LogP contribution >= 0.6 is 11.3 Å². The highest BCUT2D eigenvalue weighted by Gasteiger charge is 2.17. The molecule has 0 aliphatic heterocycles. The van der Waals surface area contributed by atoms with Crippen molar-refractivity contribution in [1.29, 1.82) is 0 Å². The maximum Gasteiger partial charge on any atom is 0.310 e. The van der Waals surface area contributed by atoms with Crippen molar-refractivity contribution in [2.75, 3.05) is 11.9 Å². The Bertz CT molecular complexity index is 1200. The maximum atomic E-state index is 12.2. The third kappa shape index (κ3) is 3.92. The minimum atomic E-state index is -0.565. The molecule has 4 rings (SSSR count). The summed E-state index contributed by atoms with van der Waals surface area (Å²) >= 11 is 1.41. The van der Waals surface area contributed by atoms with Crippen LogP contribution in [0.25, 0.3) is 16.2 Å². The highest BCUT2D eigenvalue weighted by atomic mass is 32.1.